The predicted octanol–water partition coefficient (Wildman–Crippen LogP) is 3.41. The summed E-state index contributed by atoms with van der Waals surface area (Å²) in [6, 6.07) is 9.44. The molecule has 0 unspecified atom stereocenters. The van der Waals surface area contributed by atoms with Crippen molar-refractivity contribution in [1.82, 2.24) is 10.3 Å². The van der Waals surface area contributed by atoms with E-state index in [0.29, 0.717) is 30.3 Å². The van der Waals surface area contributed by atoms with Crippen LogP contribution in [0.2, 0.25) is 0 Å². The number of nitrogens with one attached hydrogen (secondary N) is 1. The van der Waals surface area contributed by atoms with Gasteiger partial charge in [0, 0.05) is 18.5 Å². The molecule has 0 saturated heterocycles. The van der Waals surface area contributed by atoms with Gasteiger partial charge >= 0.3 is 5.97 Å². The lowest BCUT2D eigenvalue weighted by molar-refractivity contribution is -0.137. The molecule has 2 N–H and O–H groups in total. The van der Waals surface area contributed by atoms with E-state index in [2.05, 4.69) is 10.3 Å². The standard InChI is InChI=1S/C18H22N2O4/c1-13-16(20-18(24-13)14-9-5-4-6-10-14)17(23)19-12-8-3-2-7-11-15(21)22/h4-6,9-10H,2-3,7-8,11-12H2,1H3,(H,19,23)(H,21,22). The van der Waals surface area contributed by atoms with Gasteiger partial charge in [-0.3, -0.25) is 9.59 Å². The van der Waals surface area contributed by atoms with Gasteiger partial charge < -0.3 is 14.8 Å². The highest BCUT2D eigenvalue weighted by molar-refractivity contribution is 5.93. The van der Waals surface area contributed by atoms with E-state index >= 15 is 0 Å². The number of aryl methyl sites for hydroxylation is 1. The van der Waals surface area contributed by atoms with E-state index in [-0.39, 0.29) is 12.3 Å². The molecule has 1 heterocycles. The van der Waals surface area contributed by atoms with E-state index in [1.807, 2.05) is 30.3 Å². The van der Waals surface area contributed by atoms with Gasteiger partial charge in [0.25, 0.3) is 5.91 Å². The average molecular weight is 330 g/mol. The van der Waals surface area contributed by atoms with E-state index < -0.39 is 5.97 Å². The van der Waals surface area contributed by atoms with Crippen molar-refractivity contribution in [3.8, 4) is 11.5 Å². The van der Waals surface area contributed by atoms with E-state index in [0.717, 1.165) is 24.8 Å². The number of amides is 1. The van der Waals surface area contributed by atoms with Gasteiger partial charge in [0.05, 0.1) is 0 Å². The minimum absolute atomic E-state index is 0.201. The number of carbonyl (C=O) groups excluding carboxylic acids is 1. The molecule has 0 spiro atoms. The van der Waals surface area contributed by atoms with Crippen LogP contribution < -0.4 is 5.32 Å². The lowest BCUT2D eigenvalue weighted by Crippen LogP contribution is -2.25. The molecule has 0 atom stereocenters. The molecule has 0 fully saturated rings. The zero-order valence-corrected chi connectivity index (χ0v) is 13.7. The van der Waals surface area contributed by atoms with Crippen molar-refractivity contribution >= 4 is 11.9 Å². The molecular formula is C18H22N2O4. The van der Waals surface area contributed by atoms with Crippen molar-refractivity contribution in [2.24, 2.45) is 0 Å². The highest BCUT2D eigenvalue weighted by Crippen LogP contribution is 2.21. The number of hydrogen-bond acceptors (Lipinski definition) is 4. The van der Waals surface area contributed by atoms with Gasteiger partial charge in [0.1, 0.15) is 5.76 Å². The van der Waals surface area contributed by atoms with Crippen LogP contribution in [0.5, 0.6) is 0 Å². The molecular weight excluding hydrogens is 308 g/mol. The van der Waals surface area contributed by atoms with Crippen LogP contribution in [0, 0.1) is 6.92 Å². The molecule has 0 aliphatic carbocycles. The second-order valence-electron chi connectivity index (χ2n) is 5.60. The Hall–Kier alpha value is -2.63. The zero-order chi connectivity index (χ0) is 17.4. The third kappa shape index (κ3) is 5.22. The van der Waals surface area contributed by atoms with Crippen LogP contribution in [0.1, 0.15) is 48.4 Å². The van der Waals surface area contributed by atoms with Gasteiger partial charge in [-0.2, -0.15) is 0 Å². The molecule has 128 valence electrons. The molecule has 1 aromatic carbocycles. The van der Waals surface area contributed by atoms with E-state index in [1.54, 1.807) is 6.92 Å². The molecule has 24 heavy (non-hydrogen) atoms. The Balaban J connectivity index is 1.79. The summed E-state index contributed by atoms with van der Waals surface area (Å²) in [5.74, 6) is -0.0808. The van der Waals surface area contributed by atoms with Crippen molar-refractivity contribution in [3.63, 3.8) is 0 Å². The highest BCUT2D eigenvalue weighted by Gasteiger charge is 2.17. The number of unbranched alkanes of at least 4 members (excludes halogenated alkanes) is 3. The summed E-state index contributed by atoms with van der Waals surface area (Å²) in [4.78, 5) is 26.9. The maximum Gasteiger partial charge on any atom is 0.303 e. The summed E-state index contributed by atoms with van der Waals surface area (Å²) in [6.07, 6.45) is 3.43. The minimum atomic E-state index is -0.765. The van der Waals surface area contributed by atoms with Crippen LogP contribution in [-0.2, 0) is 4.79 Å². The summed E-state index contributed by atoms with van der Waals surface area (Å²) in [5.41, 5.74) is 1.14. The Kier molecular flexibility index (Phi) is 6.54. The lowest BCUT2D eigenvalue weighted by Gasteiger charge is -2.03. The number of aliphatic carboxylic acids is 1. The number of aromatic nitrogens is 1. The summed E-state index contributed by atoms with van der Waals surface area (Å²) in [5, 5.41) is 11.4. The van der Waals surface area contributed by atoms with Gasteiger partial charge in [-0.25, -0.2) is 4.98 Å². The molecule has 1 amide bonds. The minimum Gasteiger partial charge on any atom is -0.481 e. The number of nitrogens with zero attached hydrogens (tertiary/aromatic N) is 1. The topological polar surface area (TPSA) is 92.4 Å². The maximum atomic E-state index is 12.2. The second kappa shape index (κ2) is 8.86. The van der Waals surface area contributed by atoms with Crippen LogP contribution in [0.4, 0.5) is 0 Å². The first kappa shape index (κ1) is 17.7. The van der Waals surface area contributed by atoms with E-state index in [1.165, 1.54) is 0 Å². The summed E-state index contributed by atoms with van der Waals surface area (Å²) < 4.78 is 5.58. The Bertz CT molecular complexity index is 680. The predicted molar refractivity (Wildman–Crippen MR) is 89.7 cm³/mol. The van der Waals surface area contributed by atoms with Crippen LogP contribution in [0.15, 0.2) is 34.7 Å². The third-order valence-corrected chi connectivity index (χ3v) is 3.64. The van der Waals surface area contributed by atoms with E-state index in [4.69, 9.17) is 9.52 Å². The summed E-state index contributed by atoms with van der Waals surface area (Å²) in [7, 11) is 0. The van der Waals surface area contributed by atoms with Crippen molar-refractivity contribution in [2.75, 3.05) is 6.54 Å². The average Bonchev–Trinajstić information content (AvgIpc) is 2.96. The van der Waals surface area contributed by atoms with Crippen molar-refractivity contribution < 1.29 is 19.1 Å². The first-order valence-electron chi connectivity index (χ1n) is 8.11. The fourth-order valence-electron chi connectivity index (χ4n) is 2.35. The van der Waals surface area contributed by atoms with Gasteiger partial charge in [-0.05, 0) is 31.9 Å². The smallest absolute Gasteiger partial charge is 0.303 e. The number of oxazole rings is 1. The third-order valence-electron chi connectivity index (χ3n) is 3.64. The van der Waals surface area contributed by atoms with Crippen LogP contribution in [-0.4, -0.2) is 28.5 Å². The molecule has 0 radical (unpaired) electrons. The zero-order valence-electron chi connectivity index (χ0n) is 13.7. The van der Waals surface area contributed by atoms with Gasteiger partial charge in [-0.1, -0.05) is 31.0 Å². The summed E-state index contributed by atoms with van der Waals surface area (Å²) >= 11 is 0. The second-order valence-corrected chi connectivity index (χ2v) is 5.60. The number of hydrogen-bond donors (Lipinski definition) is 2. The Morgan fingerprint density at radius 1 is 1.12 bits per heavy atom. The molecule has 6 heteroatoms. The van der Waals surface area contributed by atoms with Crippen molar-refractivity contribution in [3.05, 3.63) is 41.8 Å². The van der Waals surface area contributed by atoms with Crippen molar-refractivity contribution in [2.45, 2.75) is 39.0 Å². The van der Waals surface area contributed by atoms with Crippen LogP contribution >= 0.6 is 0 Å². The monoisotopic (exact) mass is 330 g/mol. The number of benzene rings is 1. The van der Waals surface area contributed by atoms with Gasteiger partial charge in [0.2, 0.25) is 5.89 Å². The Morgan fingerprint density at radius 3 is 2.54 bits per heavy atom. The lowest BCUT2D eigenvalue weighted by atomic mass is 10.1. The molecule has 2 rings (SSSR count). The fourth-order valence-corrected chi connectivity index (χ4v) is 2.35. The van der Waals surface area contributed by atoms with Crippen molar-refractivity contribution in [1.29, 1.82) is 0 Å². The van der Waals surface area contributed by atoms with Crippen LogP contribution in [0.25, 0.3) is 11.5 Å². The first-order valence-corrected chi connectivity index (χ1v) is 8.11. The Morgan fingerprint density at radius 2 is 1.83 bits per heavy atom. The molecule has 2 aromatic rings. The van der Waals surface area contributed by atoms with Gasteiger partial charge in [-0.15, -0.1) is 0 Å². The number of carboxylic acids is 1. The molecule has 0 aliphatic heterocycles. The quantitative estimate of drug-likeness (QED) is 0.687. The SMILES string of the molecule is Cc1oc(-c2ccccc2)nc1C(=O)NCCCCCCC(=O)O. The summed E-state index contributed by atoms with van der Waals surface area (Å²) in [6.45, 7) is 2.26. The molecule has 0 saturated carbocycles. The first-order chi connectivity index (χ1) is 11.6. The number of carboxylic acid groups (broad SMARTS) is 1. The molecule has 6 nitrogen and oxygen atoms in total. The van der Waals surface area contributed by atoms with Gasteiger partial charge in [0.15, 0.2) is 5.69 Å². The van der Waals surface area contributed by atoms with Crippen LogP contribution in [0.3, 0.4) is 0 Å². The molecule has 1 aromatic heterocycles. The normalized spacial score (nSPS) is 10.5. The molecule has 0 aliphatic rings. The Labute approximate surface area is 140 Å². The number of carbonyl (C=O) groups is 2. The highest BCUT2D eigenvalue weighted by atomic mass is 16.4. The number of rotatable bonds is 9. The largest absolute Gasteiger partial charge is 0.481 e. The van der Waals surface area contributed by atoms with E-state index in [9.17, 15) is 9.59 Å². The molecule has 0 bridgehead atoms. The fraction of sp³-hybridized carbons (Fsp3) is 0.389. The maximum absolute atomic E-state index is 12.2.